The number of hydrogen-bond acceptors (Lipinski definition) is 3. The van der Waals surface area contributed by atoms with Crippen LogP contribution >= 0.6 is 11.8 Å². The van der Waals surface area contributed by atoms with E-state index in [0.29, 0.717) is 10.6 Å². The predicted molar refractivity (Wildman–Crippen MR) is 121 cm³/mol. The Balaban J connectivity index is 1.58. The van der Waals surface area contributed by atoms with E-state index in [2.05, 4.69) is 5.32 Å². The van der Waals surface area contributed by atoms with Crippen LogP contribution in [0.5, 0.6) is 0 Å². The molecule has 3 aromatic rings. The van der Waals surface area contributed by atoms with Gasteiger partial charge in [-0.05, 0) is 35.9 Å². The lowest BCUT2D eigenvalue weighted by atomic mass is 10.1. The lowest BCUT2D eigenvalue weighted by Crippen LogP contribution is -2.21. The van der Waals surface area contributed by atoms with Crippen molar-refractivity contribution >= 4 is 41.0 Å². The molecule has 0 spiro atoms. The average Bonchev–Trinajstić information content (AvgIpc) is 2.83. The summed E-state index contributed by atoms with van der Waals surface area (Å²) in [5.41, 5.74) is -3.12. The van der Waals surface area contributed by atoms with E-state index in [-0.39, 0.29) is 0 Å². The van der Waals surface area contributed by atoms with E-state index in [0.717, 1.165) is 17.3 Å². The number of halogens is 7. The third kappa shape index (κ3) is 6.66. The summed E-state index contributed by atoms with van der Waals surface area (Å²) in [7, 11) is 0. The topological polar surface area (TPSA) is 58.2 Å². The maximum atomic E-state index is 13.9. The predicted octanol–water partition coefficient (Wildman–Crippen LogP) is 6.64. The fourth-order valence-corrected chi connectivity index (χ4v) is 3.57. The van der Waals surface area contributed by atoms with Crippen molar-refractivity contribution in [3.05, 3.63) is 95.1 Å². The second-order valence-electron chi connectivity index (χ2n) is 7.10. The number of nitrogens with one attached hydrogen (secondary N) is 2. The third-order valence-corrected chi connectivity index (χ3v) is 5.54. The van der Waals surface area contributed by atoms with Crippen LogP contribution in [0.2, 0.25) is 0 Å². The Bertz CT molecular complexity index is 1270. The van der Waals surface area contributed by atoms with Crippen molar-refractivity contribution < 1.29 is 40.3 Å². The van der Waals surface area contributed by atoms with E-state index >= 15 is 0 Å². The molecule has 0 saturated heterocycles. The Labute approximate surface area is 204 Å². The van der Waals surface area contributed by atoms with Crippen LogP contribution in [0, 0.1) is 23.3 Å². The summed E-state index contributed by atoms with van der Waals surface area (Å²) in [6.07, 6.45) is -2.72. The summed E-state index contributed by atoms with van der Waals surface area (Å²) in [6, 6.07) is 15.2. The van der Waals surface area contributed by atoms with Gasteiger partial charge in [0.15, 0.2) is 23.3 Å². The molecule has 0 bridgehead atoms. The molecule has 0 fully saturated rings. The molecule has 2 N–H and O–H groups in total. The van der Waals surface area contributed by atoms with Gasteiger partial charge in [-0.1, -0.05) is 30.3 Å². The number of carbonyl (C=O) groups excluding carboxylic acids is 2. The molecule has 188 valence electrons. The molecule has 4 nitrogen and oxygen atoms in total. The molecule has 0 aliphatic heterocycles. The first-order valence-corrected chi connectivity index (χ1v) is 11.0. The minimum atomic E-state index is -5.68. The van der Waals surface area contributed by atoms with E-state index in [1.807, 2.05) is 30.3 Å². The Kier molecular flexibility index (Phi) is 8.41. The lowest BCUT2D eigenvalue weighted by Gasteiger charge is -2.14. The minimum absolute atomic E-state index is 0.390. The molecule has 3 aromatic carbocycles. The van der Waals surface area contributed by atoms with Gasteiger partial charge in [-0.2, -0.15) is 13.2 Å². The van der Waals surface area contributed by atoms with E-state index in [9.17, 15) is 40.3 Å². The first-order chi connectivity index (χ1) is 17.0. The quantitative estimate of drug-likeness (QED) is 0.156. The molecule has 0 aliphatic carbocycles. The molecule has 0 heterocycles. The molecule has 12 heteroatoms. The second-order valence-corrected chi connectivity index (χ2v) is 8.15. The van der Waals surface area contributed by atoms with Gasteiger partial charge in [0, 0.05) is 16.7 Å². The second kappa shape index (κ2) is 11.3. The van der Waals surface area contributed by atoms with E-state index < -0.39 is 58.3 Å². The van der Waals surface area contributed by atoms with E-state index in [1.165, 1.54) is 30.3 Å². The van der Waals surface area contributed by atoms with Crippen molar-refractivity contribution in [3.8, 4) is 0 Å². The Morgan fingerprint density at radius 1 is 0.806 bits per heavy atom. The molecule has 36 heavy (non-hydrogen) atoms. The average molecular weight is 528 g/mol. The summed E-state index contributed by atoms with van der Waals surface area (Å²) in [6.45, 7) is 0. The molecule has 0 atom stereocenters. The zero-order valence-corrected chi connectivity index (χ0v) is 18.7. The van der Waals surface area contributed by atoms with Crippen molar-refractivity contribution in [1.29, 1.82) is 0 Å². The molecular weight excluding hydrogens is 513 g/mol. The normalized spacial score (nSPS) is 11.5. The maximum absolute atomic E-state index is 13.9. The number of anilines is 2. The maximum Gasteiger partial charge on any atom is 0.422 e. The number of thioether (sulfide) groups is 1. The zero-order valence-electron chi connectivity index (χ0n) is 17.9. The molecule has 0 radical (unpaired) electrons. The van der Waals surface area contributed by atoms with Gasteiger partial charge in [0.2, 0.25) is 11.8 Å². The third-order valence-electron chi connectivity index (χ3n) is 4.53. The summed E-state index contributed by atoms with van der Waals surface area (Å²) in [5.74, 6) is -12.1. The SMILES string of the molecule is O=C(/C=C/c1ccccc1)Nc1ccc(SCC(=O)Nc2c(F)c(F)c(C(F)(F)F)c(F)c2F)cc1. The highest BCUT2D eigenvalue weighted by molar-refractivity contribution is 8.00. The molecule has 3 rings (SSSR count). The van der Waals surface area contributed by atoms with Crippen LogP contribution in [0.25, 0.3) is 6.08 Å². The van der Waals surface area contributed by atoms with Gasteiger partial charge in [-0.15, -0.1) is 11.8 Å². The van der Waals surface area contributed by atoms with Gasteiger partial charge in [0.1, 0.15) is 11.3 Å². The van der Waals surface area contributed by atoms with E-state index in [1.54, 1.807) is 11.4 Å². The van der Waals surface area contributed by atoms with Crippen LogP contribution in [0.3, 0.4) is 0 Å². The molecule has 0 unspecified atom stereocenters. The number of rotatable bonds is 7. The zero-order chi connectivity index (χ0) is 26.5. The number of carbonyl (C=O) groups is 2. The highest BCUT2D eigenvalue weighted by atomic mass is 32.2. The molecule has 2 amide bonds. The highest BCUT2D eigenvalue weighted by Crippen LogP contribution is 2.38. The van der Waals surface area contributed by atoms with Crippen molar-refractivity contribution in [1.82, 2.24) is 0 Å². The van der Waals surface area contributed by atoms with Gasteiger partial charge >= 0.3 is 6.18 Å². The monoisotopic (exact) mass is 528 g/mol. The Hall–Kier alpha value is -3.80. The molecule has 0 aromatic heterocycles. The summed E-state index contributed by atoms with van der Waals surface area (Å²) >= 11 is 0.859. The van der Waals surface area contributed by atoms with Gasteiger partial charge in [-0.25, -0.2) is 17.6 Å². The van der Waals surface area contributed by atoms with Crippen molar-refractivity contribution in [2.75, 3.05) is 16.4 Å². The van der Waals surface area contributed by atoms with Crippen LogP contribution in [0.15, 0.2) is 65.6 Å². The van der Waals surface area contributed by atoms with Crippen molar-refractivity contribution in [2.24, 2.45) is 0 Å². The van der Waals surface area contributed by atoms with Gasteiger partial charge in [0.05, 0.1) is 5.75 Å². The molecular formula is C24H15F7N2O2S. The number of alkyl halides is 3. The van der Waals surface area contributed by atoms with Crippen LogP contribution < -0.4 is 10.6 Å². The van der Waals surface area contributed by atoms with Crippen LogP contribution in [-0.2, 0) is 15.8 Å². The smallest absolute Gasteiger partial charge is 0.323 e. The van der Waals surface area contributed by atoms with Crippen LogP contribution in [0.4, 0.5) is 42.1 Å². The molecule has 0 aliphatic rings. The number of hydrogen-bond donors (Lipinski definition) is 2. The van der Waals surface area contributed by atoms with Crippen molar-refractivity contribution in [2.45, 2.75) is 11.1 Å². The fourth-order valence-electron chi connectivity index (χ4n) is 2.87. The summed E-state index contributed by atoms with van der Waals surface area (Å²) in [5, 5.41) is 4.18. The first-order valence-electron chi connectivity index (χ1n) is 9.97. The molecule has 0 saturated carbocycles. The fraction of sp³-hybridized carbons (Fsp3) is 0.0833. The Morgan fingerprint density at radius 3 is 1.94 bits per heavy atom. The standard InChI is InChI=1S/C24H15F7N2O2S/c25-19-18(24(29,30)31)20(26)22(28)23(21(19)27)33-17(35)12-36-15-9-7-14(8-10-15)32-16(34)11-6-13-4-2-1-3-5-13/h1-11H,12H2,(H,32,34)(H,33,35)/b11-6+. The van der Waals surface area contributed by atoms with E-state index in [4.69, 9.17) is 0 Å². The number of amides is 2. The van der Waals surface area contributed by atoms with Crippen LogP contribution in [0.1, 0.15) is 11.1 Å². The lowest BCUT2D eigenvalue weighted by molar-refractivity contribution is -0.143. The summed E-state index contributed by atoms with van der Waals surface area (Å²) < 4.78 is 93.1. The van der Waals surface area contributed by atoms with Crippen molar-refractivity contribution in [3.63, 3.8) is 0 Å². The Morgan fingerprint density at radius 2 is 1.39 bits per heavy atom. The van der Waals surface area contributed by atoms with Crippen LogP contribution in [-0.4, -0.2) is 17.6 Å². The summed E-state index contributed by atoms with van der Waals surface area (Å²) in [4.78, 5) is 24.5. The first kappa shape index (κ1) is 26.8. The van der Waals surface area contributed by atoms with Gasteiger partial charge in [0.25, 0.3) is 0 Å². The largest absolute Gasteiger partial charge is 0.422 e. The highest BCUT2D eigenvalue weighted by Gasteiger charge is 2.42. The van der Waals surface area contributed by atoms with Gasteiger partial charge in [-0.3, -0.25) is 9.59 Å². The minimum Gasteiger partial charge on any atom is -0.323 e. The van der Waals surface area contributed by atoms with Gasteiger partial charge < -0.3 is 10.6 Å². The number of benzene rings is 3.